The Kier molecular flexibility index (Phi) is 5.48. The summed E-state index contributed by atoms with van der Waals surface area (Å²) in [4.78, 5) is 45.4. The van der Waals surface area contributed by atoms with E-state index in [4.69, 9.17) is 4.98 Å². The fourth-order valence-corrected chi connectivity index (χ4v) is 4.51. The minimum atomic E-state index is -0.293. The van der Waals surface area contributed by atoms with Crippen molar-refractivity contribution in [1.29, 1.82) is 0 Å². The quantitative estimate of drug-likeness (QED) is 0.677. The second kappa shape index (κ2) is 8.58. The van der Waals surface area contributed by atoms with Gasteiger partial charge in [0.2, 0.25) is 0 Å². The highest BCUT2D eigenvalue weighted by atomic mass is 19.1. The van der Waals surface area contributed by atoms with Gasteiger partial charge in [-0.3, -0.25) is 19.5 Å². The van der Waals surface area contributed by atoms with E-state index >= 15 is 0 Å². The zero-order valence-corrected chi connectivity index (χ0v) is 17.5. The van der Waals surface area contributed by atoms with Crippen LogP contribution < -0.4 is 5.56 Å². The first kappa shape index (κ1) is 20.4. The lowest BCUT2D eigenvalue weighted by molar-refractivity contribution is 0.0722. The minimum Gasteiger partial charge on any atom is -0.327 e. The van der Waals surface area contributed by atoms with Gasteiger partial charge in [-0.05, 0) is 18.9 Å². The van der Waals surface area contributed by atoms with Crippen molar-refractivity contribution in [2.24, 2.45) is 0 Å². The monoisotopic (exact) mass is 434 g/mol. The molecule has 4 heterocycles. The van der Waals surface area contributed by atoms with Gasteiger partial charge in [0.1, 0.15) is 17.3 Å². The predicted molar refractivity (Wildman–Crippen MR) is 114 cm³/mol. The number of aromatic nitrogens is 4. The summed E-state index contributed by atoms with van der Waals surface area (Å²) in [6, 6.07) is 6.40. The number of amides is 1. The zero-order valence-electron chi connectivity index (χ0n) is 17.5. The maximum absolute atomic E-state index is 14.0. The van der Waals surface area contributed by atoms with Crippen molar-refractivity contribution in [3.8, 4) is 0 Å². The average Bonchev–Trinajstić information content (AvgIpc) is 3.31. The van der Waals surface area contributed by atoms with E-state index in [9.17, 15) is 14.0 Å². The Hall–Kier alpha value is -3.46. The number of likely N-dealkylation sites (tertiary alicyclic amines) is 1. The number of benzene rings is 1. The molecule has 0 aliphatic carbocycles. The van der Waals surface area contributed by atoms with Crippen molar-refractivity contribution in [3.05, 3.63) is 87.4 Å². The Morgan fingerprint density at radius 2 is 2.09 bits per heavy atom. The molecule has 1 N–H and O–H groups in total. The third-order valence-electron chi connectivity index (χ3n) is 6.13. The number of hydrogen-bond donors (Lipinski definition) is 1. The van der Waals surface area contributed by atoms with Gasteiger partial charge in [0, 0.05) is 50.6 Å². The van der Waals surface area contributed by atoms with Crippen LogP contribution in [0.5, 0.6) is 0 Å². The minimum absolute atomic E-state index is 0.193. The number of fused-ring (bicyclic) bond motifs is 1. The fourth-order valence-electron chi connectivity index (χ4n) is 4.51. The van der Waals surface area contributed by atoms with E-state index in [1.807, 2.05) is 6.07 Å². The van der Waals surface area contributed by atoms with Crippen molar-refractivity contribution < 1.29 is 9.18 Å². The molecule has 8 nitrogen and oxygen atoms in total. The summed E-state index contributed by atoms with van der Waals surface area (Å²) in [5.41, 5.74) is 2.07. The number of nitrogens with one attached hydrogen (secondary N) is 1. The molecule has 1 saturated heterocycles. The van der Waals surface area contributed by atoms with Gasteiger partial charge in [0.25, 0.3) is 11.5 Å². The standard InChI is InChI=1S/C23H23FN6O2/c24-17-5-2-1-4-15(17)13-29-11-7-18-16(14-29)22(31)28-21(27-18)20-6-3-10-30(20)23(32)19-12-25-8-9-26-19/h1-2,4-5,8-9,12,20H,3,6-7,10-11,13-14H2,(H,27,28,31). The van der Waals surface area contributed by atoms with Gasteiger partial charge in [-0.25, -0.2) is 14.4 Å². The van der Waals surface area contributed by atoms with Gasteiger partial charge in [-0.15, -0.1) is 0 Å². The number of rotatable bonds is 4. The number of hydrogen-bond acceptors (Lipinski definition) is 6. The highest BCUT2D eigenvalue weighted by molar-refractivity contribution is 5.92. The third-order valence-corrected chi connectivity index (χ3v) is 6.13. The molecule has 32 heavy (non-hydrogen) atoms. The van der Waals surface area contributed by atoms with Gasteiger partial charge < -0.3 is 9.88 Å². The van der Waals surface area contributed by atoms with Crippen LogP contribution in [0.15, 0.2) is 47.7 Å². The number of nitrogens with zero attached hydrogens (tertiary/aromatic N) is 5. The van der Waals surface area contributed by atoms with E-state index in [0.717, 1.165) is 18.5 Å². The Balaban J connectivity index is 1.37. The SMILES string of the molecule is O=C(c1cnccn1)N1CCCC1c1nc2c(c(=O)[nH]1)CN(Cc1ccccc1F)CC2. The van der Waals surface area contributed by atoms with E-state index in [-0.39, 0.29) is 29.0 Å². The average molecular weight is 434 g/mol. The molecule has 3 aromatic rings. The fraction of sp³-hybridized carbons (Fsp3) is 0.348. The van der Waals surface area contributed by atoms with Crippen LogP contribution in [0.4, 0.5) is 4.39 Å². The Bertz CT molecular complexity index is 1200. The van der Waals surface area contributed by atoms with Gasteiger partial charge in [0.15, 0.2) is 0 Å². The van der Waals surface area contributed by atoms with Crippen LogP contribution in [-0.4, -0.2) is 48.7 Å². The van der Waals surface area contributed by atoms with Gasteiger partial charge in [-0.2, -0.15) is 0 Å². The lowest BCUT2D eigenvalue weighted by Gasteiger charge is -2.29. The molecule has 2 aromatic heterocycles. The van der Waals surface area contributed by atoms with E-state index in [1.54, 1.807) is 17.0 Å². The molecular weight excluding hydrogens is 411 g/mol. The largest absolute Gasteiger partial charge is 0.327 e. The number of aromatic amines is 1. The van der Waals surface area contributed by atoms with Crippen molar-refractivity contribution in [2.45, 2.75) is 38.4 Å². The number of carbonyl (C=O) groups excluding carboxylic acids is 1. The van der Waals surface area contributed by atoms with Crippen LogP contribution in [-0.2, 0) is 19.5 Å². The summed E-state index contributed by atoms with van der Waals surface area (Å²) in [5, 5.41) is 0. The van der Waals surface area contributed by atoms with Gasteiger partial charge in [0.05, 0.1) is 23.5 Å². The summed E-state index contributed by atoms with van der Waals surface area (Å²) in [6.45, 7) is 2.12. The van der Waals surface area contributed by atoms with Gasteiger partial charge in [-0.1, -0.05) is 18.2 Å². The molecule has 164 valence electrons. The summed E-state index contributed by atoms with van der Waals surface area (Å²) in [7, 11) is 0. The molecule has 9 heteroatoms. The molecule has 1 amide bonds. The van der Waals surface area contributed by atoms with E-state index in [2.05, 4.69) is 19.9 Å². The maximum atomic E-state index is 14.0. The van der Waals surface area contributed by atoms with Gasteiger partial charge >= 0.3 is 0 Å². The summed E-state index contributed by atoms with van der Waals surface area (Å²) >= 11 is 0. The lowest BCUT2D eigenvalue weighted by Crippen LogP contribution is -2.38. The van der Waals surface area contributed by atoms with E-state index in [0.29, 0.717) is 49.6 Å². The molecule has 1 atom stereocenters. The number of halogens is 1. The number of carbonyl (C=O) groups is 1. The number of H-pyrrole nitrogens is 1. The molecule has 0 bridgehead atoms. The molecule has 2 aliphatic rings. The summed E-state index contributed by atoms with van der Waals surface area (Å²) in [5.74, 6) is 0.0675. The van der Waals surface area contributed by atoms with Crippen molar-refractivity contribution in [2.75, 3.05) is 13.1 Å². The normalized spacial score (nSPS) is 18.5. The topological polar surface area (TPSA) is 95.1 Å². The second-order valence-corrected chi connectivity index (χ2v) is 8.18. The first-order valence-corrected chi connectivity index (χ1v) is 10.7. The van der Waals surface area contributed by atoms with E-state index < -0.39 is 0 Å². The van der Waals surface area contributed by atoms with Crippen LogP contribution >= 0.6 is 0 Å². The Labute approximate surface area is 184 Å². The van der Waals surface area contributed by atoms with Crippen LogP contribution in [0.2, 0.25) is 0 Å². The van der Waals surface area contributed by atoms with Crippen LogP contribution in [0.25, 0.3) is 0 Å². The molecule has 1 unspecified atom stereocenters. The zero-order chi connectivity index (χ0) is 22.1. The molecule has 1 fully saturated rings. The molecule has 1 aromatic carbocycles. The van der Waals surface area contributed by atoms with Crippen LogP contribution in [0, 0.1) is 5.82 Å². The van der Waals surface area contributed by atoms with Crippen LogP contribution in [0.1, 0.15) is 52.0 Å². The molecule has 5 rings (SSSR count). The first-order valence-electron chi connectivity index (χ1n) is 10.7. The highest BCUT2D eigenvalue weighted by Gasteiger charge is 2.34. The predicted octanol–water partition coefficient (Wildman–Crippen LogP) is 2.23. The molecule has 2 aliphatic heterocycles. The van der Waals surface area contributed by atoms with Crippen molar-refractivity contribution >= 4 is 5.91 Å². The van der Waals surface area contributed by atoms with Crippen LogP contribution in [0.3, 0.4) is 0 Å². The molecule has 0 radical (unpaired) electrons. The smallest absolute Gasteiger partial charge is 0.274 e. The lowest BCUT2D eigenvalue weighted by atomic mass is 10.0. The second-order valence-electron chi connectivity index (χ2n) is 8.18. The van der Waals surface area contributed by atoms with E-state index in [1.165, 1.54) is 24.7 Å². The molecular formula is C23H23FN6O2. The van der Waals surface area contributed by atoms with Crippen molar-refractivity contribution in [1.82, 2.24) is 29.7 Å². The third kappa shape index (κ3) is 3.91. The molecule has 0 saturated carbocycles. The summed E-state index contributed by atoms with van der Waals surface area (Å²) < 4.78 is 14.0. The Morgan fingerprint density at radius 1 is 1.22 bits per heavy atom. The first-order chi connectivity index (χ1) is 15.6. The van der Waals surface area contributed by atoms with Crippen molar-refractivity contribution in [3.63, 3.8) is 0 Å². The highest BCUT2D eigenvalue weighted by Crippen LogP contribution is 2.31. The maximum Gasteiger partial charge on any atom is 0.274 e. The summed E-state index contributed by atoms with van der Waals surface area (Å²) in [6.07, 6.45) is 6.62. The molecule has 0 spiro atoms. The Morgan fingerprint density at radius 3 is 2.91 bits per heavy atom.